The molecule has 1 aliphatic heterocycles. The van der Waals surface area contributed by atoms with E-state index >= 15 is 0 Å². The number of ether oxygens (including phenoxy) is 1. The third-order valence-corrected chi connectivity index (χ3v) is 6.04. The first-order valence-electron chi connectivity index (χ1n) is 8.87. The maximum Gasteiger partial charge on any atom is 0.326 e. The predicted molar refractivity (Wildman–Crippen MR) is 119 cm³/mol. The number of thioether (sulfide) groups is 1. The van der Waals surface area contributed by atoms with Crippen LogP contribution in [0.2, 0.25) is 5.02 Å². The molecule has 0 bridgehead atoms. The maximum atomic E-state index is 12.6. The summed E-state index contributed by atoms with van der Waals surface area (Å²) in [6, 6.07) is 13.8. The van der Waals surface area contributed by atoms with E-state index in [-0.39, 0.29) is 16.6 Å². The average Bonchev–Trinajstić information content (AvgIpc) is 2.97. The summed E-state index contributed by atoms with van der Waals surface area (Å²) in [7, 11) is 0. The van der Waals surface area contributed by atoms with Crippen LogP contribution in [0.4, 0.5) is 0 Å². The lowest BCUT2D eigenvalue weighted by Gasteiger charge is -2.21. The minimum Gasteiger partial charge on any atom is -0.489 e. The van der Waals surface area contributed by atoms with Crippen molar-refractivity contribution in [3.63, 3.8) is 0 Å². The SMILES string of the molecule is CC[C@@H](C(=O)O)N1C(=O)/C(=C/c2ccc(OCc3ccccc3Cl)cc2)SC1=S. The van der Waals surface area contributed by atoms with Crippen LogP contribution in [0, 0.1) is 0 Å². The van der Waals surface area contributed by atoms with E-state index in [0.29, 0.717) is 22.3 Å². The van der Waals surface area contributed by atoms with Gasteiger partial charge in [0, 0.05) is 10.6 Å². The topological polar surface area (TPSA) is 66.8 Å². The molecule has 8 heteroatoms. The fourth-order valence-electron chi connectivity index (χ4n) is 2.80. The van der Waals surface area contributed by atoms with Crippen LogP contribution in [0.25, 0.3) is 6.08 Å². The maximum absolute atomic E-state index is 12.6. The van der Waals surface area contributed by atoms with E-state index in [1.165, 1.54) is 4.90 Å². The number of thiocarbonyl (C=S) groups is 1. The van der Waals surface area contributed by atoms with Crippen molar-refractivity contribution in [3.05, 3.63) is 69.6 Å². The lowest BCUT2D eigenvalue weighted by molar-refractivity contribution is -0.145. The Morgan fingerprint density at radius 3 is 2.59 bits per heavy atom. The number of nitrogens with zero attached hydrogens (tertiary/aromatic N) is 1. The van der Waals surface area contributed by atoms with Crippen molar-refractivity contribution >= 4 is 57.9 Å². The first kappa shape index (κ1) is 21.4. The largest absolute Gasteiger partial charge is 0.489 e. The third-order valence-electron chi connectivity index (χ3n) is 4.34. The molecule has 3 rings (SSSR count). The summed E-state index contributed by atoms with van der Waals surface area (Å²) in [5, 5.41) is 9.97. The van der Waals surface area contributed by atoms with Gasteiger partial charge in [0.05, 0.1) is 4.91 Å². The summed E-state index contributed by atoms with van der Waals surface area (Å²) in [5.41, 5.74) is 1.68. The fourth-order valence-corrected chi connectivity index (χ4v) is 4.35. The molecule has 150 valence electrons. The first-order chi connectivity index (χ1) is 13.9. The highest BCUT2D eigenvalue weighted by Gasteiger charge is 2.39. The number of hydrogen-bond acceptors (Lipinski definition) is 5. The van der Waals surface area contributed by atoms with Crippen molar-refractivity contribution in [2.45, 2.75) is 26.0 Å². The summed E-state index contributed by atoms with van der Waals surface area (Å²) in [6.45, 7) is 2.06. The number of carbonyl (C=O) groups is 2. The molecule has 1 heterocycles. The molecule has 0 aromatic heterocycles. The highest BCUT2D eigenvalue weighted by molar-refractivity contribution is 8.26. The molecule has 1 atom stereocenters. The number of aliphatic carboxylic acids is 1. The molecular weight excluding hydrogens is 430 g/mol. The zero-order valence-corrected chi connectivity index (χ0v) is 17.9. The van der Waals surface area contributed by atoms with Crippen LogP contribution >= 0.6 is 35.6 Å². The van der Waals surface area contributed by atoms with Gasteiger partial charge in [-0.05, 0) is 36.3 Å². The molecule has 1 aliphatic rings. The van der Waals surface area contributed by atoms with Gasteiger partial charge in [0.25, 0.3) is 5.91 Å². The van der Waals surface area contributed by atoms with E-state index in [0.717, 1.165) is 22.9 Å². The molecule has 0 unspecified atom stereocenters. The summed E-state index contributed by atoms with van der Waals surface area (Å²) in [4.78, 5) is 25.6. The molecule has 1 saturated heterocycles. The number of hydrogen-bond donors (Lipinski definition) is 1. The summed E-state index contributed by atoms with van der Waals surface area (Å²) < 4.78 is 6.01. The Hall–Kier alpha value is -2.35. The molecule has 0 aliphatic carbocycles. The third kappa shape index (κ3) is 4.98. The summed E-state index contributed by atoms with van der Waals surface area (Å²) in [5.74, 6) is -0.773. The number of carboxylic acids is 1. The second-order valence-corrected chi connectivity index (χ2v) is 8.35. The lowest BCUT2D eigenvalue weighted by atomic mass is 10.1. The Labute approximate surface area is 183 Å². The van der Waals surface area contributed by atoms with Gasteiger partial charge in [0.2, 0.25) is 0 Å². The van der Waals surface area contributed by atoms with Gasteiger partial charge in [0.15, 0.2) is 0 Å². The number of carboxylic acid groups (broad SMARTS) is 1. The number of halogens is 1. The van der Waals surface area contributed by atoms with Crippen LogP contribution in [0.5, 0.6) is 5.75 Å². The molecule has 0 spiro atoms. The van der Waals surface area contributed by atoms with E-state index in [4.69, 9.17) is 28.6 Å². The van der Waals surface area contributed by atoms with Gasteiger partial charge in [-0.1, -0.05) is 72.8 Å². The van der Waals surface area contributed by atoms with Crippen LogP contribution in [0.1, 0.15) is 24.5 Å². The van der Waals surface area contributed by atoms with Crippen LogP contribution in [0.15, 0.2) is 53.4 Å². The monoisotopic (exact) mass is 447 g/mol. The lowest BCUT2D eigenvalue weighted by Crippen LogP contribution is -2.43. The van der Waals surface area contributed by atoms with Crippen molar-refractivity contribution < 1.29 is 19.4 Å². The fraction of sp³-hybridized carbons (Fsp3) is 0.190. The van der Waals surface area contributed by atoms with Crippen molar-refractivity contribution in [1.29, 1.82) is 0 Å². The van der Waals surface area contributed by atoms with Gasteiger partial charge >= 0.3 is 5.97 Å². The molecule has 5 nitrogen and oxygen atoms in total. The summed E-state index contributed by atoms with van der Waals surface area (Å²) in [6.07, 6.45) is 1.98. The first-order valence-corrected chi connectivity index (χ1v) is 10.5. The molecule has 29 heavy (non-hydrogen) atoms. The number of benzene rings is 2. The number of amides is 1. The van der Waals surface area contributed by atoms with Gasteiger partial charge in [-0.3, -0.25) is 9.69 Å². The normalized spacial score (nSPS) is 16.3. The van der Waals surface area contributed by atoms with E-state index in [1.807, 2.05) is 36.4 Å². The molecule has 2 aromatic carbocycles. The molecule has 0 radical (unpaired) electrons. The van der Waals surface area contributed by atoms with E-state index in [2.05, 4.69) is 0 Å². The highest BCUT2D eigenvalue weighted by atomic mass is 35.5. The van der Waals surface area contributed by atoms with Gasteiger partial charge < -0.3 is 9.84 Å². The molecule has 1 fully saturated rings. The standard InChI is InChI=1S/C21H18ClNO4S2/c1-2-17(20(25)26)23-19(24)18(29-21(23)28)11-13-7-9-15(10-8-13)27-12-14-5-3-4-6-16(14)22/h3-11,17H,2,12H2,1H3,(H,25,26)/b18-11-/t17-/m0/s1. The molecule has 0 saturated carbocycles. The van der Waals surface area contributed by atoms with E-state index in [9.17, 15) is 14.7 Å². The van der Waals surface area contributed by atoms with Gasteiger partial charge in [0.1, 0.15) is 22.7 Å². The zero-order valence-electron chi connectivity index (χ0n) is 15.5. The van der Waals surface area contributed by atoms with Crippen molar-refractivity contribution in [2.75, 3.05) is 0 Å². The second kappa shape index (κ2) is 9.43. The molecule has 1 amide bonds. The van der Waals surface area contributed by atoms with Gasteiger partial charge in [-0.25, -0.2) is 4.79 Å². The number of rotatable bonds is 7. The van der Waals surface area contributed by atoms with Gasteiger partial charge in [-0.15, -0.1) is 0 Å². The smallest absolute Gasteiger partial charge is 0.326 e. The minimum absolute atomic E-state index is 0.259. The van der Waals surface area contributed by atoms with E-state index < -0.39 is 12.0 Å². The highest BCUT2D eigenvalue weighted by Crippen LogP contribution is 2.34. The molecule has 2 aromatic rings. The van der Waals surface area contributed by atoms with E-state index in [1.54, 1.807) is 25.1 Å². The molecule has 1 N–H and O–H groups in total. The zero-order chi connectivity index (χ0) is 21.0. The Balaban J connectivity index is 1.69. The van der Waals surface area contributed by atoms with Crippen LogP contribution < -0.4 is 4.74 Å². The van der Waals surface area contributed by atoms with Crippen LogP contribution in [-0.2, 0) is 16.2 Å². The summed E-state index contributed by atoms with van der Waals surface area (Å²) >= 11 is 12.5. The average molecular weight is 448 g/mol. The Morgan fingerprint density at radius 1 is 1.28 bits per heavy atom. The number of carbonyl (C=O) groups excluding carboxylic acids is 1. The minimum atomic E-state index is -1.06. The van der Waals surface area contributed by atoms with Crippen molar-refractivity contribution in [2.24, 2.45) is 0 Å². The predicted octanol–water partition coefficient (Wildman–Crippen LogP) is 4.98. The van der Waals surface area contributed by atoms with Crippen molar-refractivity contribution in [3.8, 4) is 5.75 Å². The molecular formula is C21H18ClNO4S2. The Kier molecular flexibility index (Phi) is 6.95. The quantitative estimate of drug-likeness (QED) is 0.476. The Bertz CT molecular complexity index is 975. The van der Waals surface area contributed by atoms with Crippen molar-refractivity contribution in [1.82, 2.24) is 4.90 Å². The second-order valence-electron chi connectivity index (χ2n) is 6.26. The Morgan fingerprint density at radius 2 is 1.97 bits per heavy atom. The van der Waals surface area contributed by atoms with Crippen LogP contribution in [-0.4, -0.2) is 32.2 Å². The van der Waals surface area contributed by atoms with Crippen LogP contribution in [0.3, 0.4) is 0 Å². The van der Waals surface area contributed by atoms with Gasteiger partial charge in [-0.2, -0.15) is 0 Å².